The van der Waals surface area contributed by atoms with E-state index in [-0.39, 0.29) is 6.08 Å². The monoisotopic (exact) mass is 352 g/mol. The van der Waals surface area contributed by atoms with Crippen LogP contribution in [0.2, 0.25) is 0 Å². The lowest BCUT2D eigenvalue weighted by atomic mass is 10.1. The van der Waals surface area contributed by atoms with Gasteiger partial charge in [-0.3, -0.25) is 0 Å². The molecule has 0 bridgehead atoms. The van der Waals surface area contributed by atoms with Crippen LogP contribution in [0.3, 0.4) is 0 Å². The molecule has 0 heterocycles. The molecule has 2 nitrogen and oxygen atoms in total. The van der Waals surface area contributed by atoms with Crippen LogP contribution in [0, 0.1) is 29.1 Å². The van der Waals surface area contributed by atoms with Gasteiger partial charge in [-0.05, 0) is 18.2 Å². The molecule has 9 heteroatoms. The van der Waals surface area contributed by atoms with E-state index in [0.29, 0.717) is 0 Å². The van der Waals surface area contributed by atoms with Gasteiger partial charge >= 0.3 is 0 Å². The third kappa shape index (κ3) is 2.96. The van der Waals surface area contributed by atoms with Crippen molar-refractivity contribution in [1.29, 1.82) is 0 Å². The Hall–Kier alpha value is -2.29. The fraction of sp³-hybridized carbons (Fsp3) is 0. The van der Waals surface area contributed by atoms with Crippen LogP contribution in [0.5, 0.6) is 0 Å². The van der Waals surface area contributed by atoms with Crippen LogP contribution in [-0.2, 0) is 9.84 Å². The molecule has 0 aliphatic carbocycles. The van der Waals surface area contributed by atoms with Crippen LogP contribution in [0.25, 0.3) is 6.08 Å². The van der Waals surface area contributed by atoms with Crippen molar-refractivity contribution in [3.63, 3.8) is 0 Å². The summed E-state index contributed by atoms with van der Waals surface area (Å²) in [7, 11) is -4.78. The summed E-state index contributed by atoms with van der Waals surface area (Å²) in [4.78, 5) is -0.544. The van der Waals surface area contributed by atoms with E-state index in [0.717, 1.165) is 12.1 Å². The number of hydrogen-bond acceptors (Lipinski definition) is 2. The van der Waals surface area contributed by atoms with Gasteiger partial charge in [0.05, 0.1) is 10.5 Å². The highest BCUT2D eigenvalue weighted by atomic mass is 32.2. The maximum atomic E-state index is 13.9. The number of benzene rings is 2. The molecule has 0 unspecified atom stereocenters. The third-order valence-electron chi connectivity index (χ3n) is 2.81. The smallest absolute Gasteiger partial charge is 0.216 e. The zero-order valence-corrected chi connectivity index (χ0v) is 11.8. The fourth-order valence-electron chi connectivity index (χ4n) is 1.65. The average molecular weight is 352 g/mol. The molecule has 0 spiro atoms. The van der Waals surface area contributed by atoms with Crippen LogP contribution in [0.1, 0.15) is 5.56 Å². The second-order valence-corrected chi connectivity index (χ2v) is 6.12. The maximum Gasteiger partial charge on any atom is 0.233 e. The second-order valence-electron chi connectivity index (χ2n) is 4.25. The maximum absolute atomic E-state index is 13.9. The molecule has 0 saturated carbocycles. The van der Waals surface area contributed by atoms with Gasteiger partial charge < -0.3 is 0 Å². The first kappa shape index (κ1) is 17.1. The minimum Gasteiger partial charge on any atom is -0.216 e. The van der Waals surface area contributed by atoms with Crippen molar-refractivity contribution in [3.05, 3.63) is 70.1 Å². The number of rotatable bonds is 3. The average Bonchev–Trinajstić information content (AvgIpc) is 2.55. The Balaban J connectivity index is 2.64. The normalized spacial score (nSPS) is 12.5. The molecular weight excluding hydrogens is 346 g/mol. The molecule has 0 aliphatic rings. The first-order valence-electron chi connectivity index (χ1n) is 5.86. The highest BCUT2D eigenvalue weighted by molar-refractivity contribution is 7.95. The Bertz CT molecular complexity index is 862. The molecule has 23 heavy (non-hydrogen) atoms. The lowest BCUT2D eigenvalue weighted by Gasteiger charge is -2.06. The predicted molar refractivity (Wildman–Crippen MR) is 68.9 cm³/mol. The summed E-state index contributed by atoms with van der Waals surface area (Å²) in [5, 5.41) is -2.06. The van der Waals surface area contributed by atoms with Gasteiger partial charge in [0.15, 0.2) is 23.3 Å². The van der Waals surface area contributed by atoms with E-state index in [1.54, 1.807) is 0 Å². The molecule has 2 rings (SSSR count). The van der Waals surface area contributed by atoms with Crippen molar-refractivity contribution in [2.45, 2.75) is 4.90 Å². The SMILES string of the molecule is O=S(=O)(/C(F)=C\c1c(F)c(F)c(F)c(F)c1F)c1ccccc1. The van der Waals surface area contributed by atoms with Crippen LogP contribution < -0.4 is 0 Å². The van der Waals surface area contributed by atoms with Gasteiger partial charge in [0.2, 0.25) is 20.8 Å². The third-order valence-corrected chi connectivity index (χ3v) is 4.34. The molecular formula is C14H6F6O2S. The van der Waals surface area contributed by atoms with Crippen molar-refractivity contribution in [1.82, 2.24) is 0 Å². The van der Waals surface area contributed by atoms with Crippen LogP contribution in [0.15, 0.2) is 40.4 Å². The topological polar surface area (TPSA) is 34.1 Å². The van der Waals surface area contributed by atoms with Gasteiger partial charge in [-0.25, -0.2) is 30.4 Å². The van der Waals surface area contributed by atoms with E-state index >= 15 is 0 Å². The van der Waals surface area contributed by atoms with Crippen molar-refractivity contribution in [2.24, 2.45) is 0 Å². The molecule has 0 aliphatic heterocycles. The first-order valence-corrected chi connectivity index (χ1v) is 7.35. The zero-order valence-electron chi connectivity index (χ0n) is 11.0. The van der Waals surface area contributed by atoms with E-state index in [1.807, 2.05) is 0 Å². The number of hydrogen-bond donors (Lipinski definition) is 0. The minimum atomic E-state index is -4.78. The minimum absolute atomic E-state index is 0.251. The zero-order chi connectivity index (χ0) is 17.4. The van der Waals surface area contributed by atoms with Gasteiger partial charge in [0.25, 0.3) is 0 Å². The molecule has 0 radical (unpaired) electrons. The summed E-state index contributed by atoms with van der Waals surface area (Å²) in [6, 6.07) is 5.96. The van der Waals surface area contributed by atoms with Crippen molar-refractivity contribution >= 4 is 15.9 Å². The van der Waals surface area contributed by atoms with Gasteiger partial charge in [0, 0.05) is 0 Å². The lowest BCUT2D eigenvalue weighted by Crippen LogP contribution is -2.06. The predicted octanol–water partition coefficient (Wildman–Crippen LogP) is 4.12. The molecule has 0 saturated heterocycles. The molecule has 0 fully saturated rings. The van der Waals surface area contributed by atoms with Crippen molar-refractivity contribution < 1.29 is 34.8 Å². The van der Waals surface area contributed by atoms with E-state index in [9.17, 15) is 34.8 Å². The largest absolute Gasteiger partial charge is 0.233 e. The van der Waals surface area contributed by atoms with E-state index in [4.69, 9.17) is 0 Å². The fourth-order valence-corrected chi connectivity index (χ4v) is 2.67. The van der Waals surface area contributed by atoms with Crippen molar-refractivity contribution in [3.8, 4) is 0 Å². The van der Waals surface area contributed by atoms with Gasteiger partial charge in [-0.1, -0.05) is 18.2 Å². The highest BCUT2D eigenvalue weighted by Crippen LogP contribution is 2.28. The van der Waals surface area contributed by atoms with Crippen LogP contribution >= 0.6 is 0 Å². The van der Waals surface area contributed by atoms with Gasteiger partial charge in [-0.2, -0.15) is 4.39 Å². The summed E-state index contributed by atoms with van der Waals surface area (Å²) >= 11 is 0. The lowest BCUT2D eigenvalue weighted by molar-refractivity contribution is 0.376. The molecule has 2 aromatic carbocycles. The van der Waals surface area contributed by atoms with Gasteiger partial charge in [-0.15, -0.1) is 0 Å². The quantitative estimate of drug-likeness (QED) is 0.473. The molecule has 0 N–H and O–H groups in total. The highest BCUT2D eigenvalue weighted by Gasteiger charge is 2.27. The summed E-state index contributed by atoms with van der Waals surface area (Å²) in [5.74, 6) is -11.7. The summed E-state index contributed by atoms with van der Waals surface area (Å²) in [5.41, 5.74) is -1.68. The first-order chi connectivity index (χ1) is 10.7. The molecule has 0 atom stereocenters. The van der Waals surface area contributed by atoms with E-state index < -0.39 is 54.5 Å². The molecule has 2 aromatic rings. The van der Waals surface area contributed by atoms with Crippen LogP contribution in [-0.4, -0.2) is 8.42 Å². The molecule has 0 amide bonds. The molecule has 122 valence electrons. The van der Waals surface area contributed by atoms with Crippen molar-refractivity contribution in [2.75, 3.05) is 0 Å². The summed E-state index contributed by atoms with van der Waals surface area (Å²) in [6.45, 7) is 0. The Labute approximate surface area is 126 Å². The Kier molecular flexibility index (Phi) is 4.51. The Morgan fingerprint density at radius 3 is 1.70 bits per heavy atom. The van der Waals surface area contributed by atoms with Gasteiger partial charge in [0.1, 0.15) is 0 Å². The van der Waals surface area contributed by atoms with E-state index in [1.165, 1.54) is 18.2 Å². The standard InChI is InChI=1S/C14H6F6O2S/c15-9(23(21,22)7-4-2-1-3-5-7)6-8-10(16)12(18)14(20)13(19)11(8)17/h1-6H/b9-6-. The summed E-state index contributed by atoms with van der Waals surface area (Å²) in [6.07, 6.45) is -0.251. The molecule has 0 aromatic heterocycles. The Morgan fingerprint density at radius 2 is 1.22 bits per heavy atom. The summed E-state index contributed by atoms with van der Waals surface area (Å²) < 4.78 is 103. The Morgan fingerprint density at radius 1 is 0.783 bits per heavy atom. The van der Waals surface area contributed by atoms with E-state index in [2.05, 4.69) is 0 Å². The van der Waals surface area contributed by atoms with Crippen LogP contribution in [0.4, 0.5) is 26.3 Å². The number of sulfone groups is 1. The second kappa shape index (κ2) is 6.07. The number of halogens is 6.